The molecular weight excluding hydrogens is 232 g/mol. The minimum absolute atomic E-state index is 0.240. The normalized spacial score (nSPS) is 16.4. The molecule has 0 heterocycles. The Bertz CT molecular complexity index is 408. The van der Waals surface area contributed by atoms with Crippen molar-refractivity contribution < 1.29 is 0 Å². The standard InChI is InChI=1S/C17H28N2/c1-4-5-10-19(16-8-9-16)17-7-6-15(12-14(3)18)13(2)11-17/h6-7,11,14,16H,4-5,8-10,12,18H2,1-3H3. The van der Waals surface area contributed by atoms with Crippen LogP contribution in [0.3, 0.4) is 0 Å². The number of hydrogen-bond acceptors (Lipinski definition) is 2. The van der Waals surface area contributed by atoms with E-state index < -0.39 is 0 Å². The lowest BCUT2D eigenvalue weighted by molar-refractivity contribution is 0.711. The minimum Gasteiger partial charge on any atom is -0.369 e. The van der Waals surface area contributed by atoms with Gasteiger partial charge in [-0.3, -0.25) is 0 Å². The van der Waals surface area contributed by atoms with Gasteiger partial charge in [0, 0.05) is 24.3 Å². The topological polar surface area (TPSA) is 29.3 Å². The molecule has 1 aliphatic carbocycles. The summed E-state index contributed by atoms with van der Waals surface area (Å²) in [4.78, 5) is 2.60. The van der Waals surface area contributed by atoms with Crippen molar-refractivity contribution in [1.82, 2.24) is 0 Å². The summed E-state index contributed by atoms with van der Waals surface area (Å²) in [6.45, 7) is 7.76. The maximum Gasteiger partial charge on any atom is 0.0371 e. The number of hydrogen-bond donors (Lipinski definition) is 1. The zero-order valence-electron chi connectivity index (χ0n) is 12.7. The Kier molecular flexibility index (Phi) is 4.87. The molecule has 1 atom stereocenters. The van der Waals surface area contributed by atoms with Crippen LogP contribution in [0.2, 0.25) is 0 Å². The fourth-order valence-electron chi connectivity index (χ4n) is 2.67. The van der Waals surface area contributed by atoms with Crippen molar-refractivity contribution in [3.05, 3.63) is 29.3 Å². The molecule has 1 saturated carbocycles. The number of benzene rings is 1. The lowest BCUT2D eigenvalue weighted by Crippen LogP contribution is -2.27. The Morgan fingerprint density at radius 3 is 2.63 bits per heavy atom. The van der Waals surface area contributed by atoms with Crippen LogP contribution in [0, 0.1) is 6.92 Å². The average molecular weight is 260 g/mol. The van der Waals surface area contributed by atoms with Crippen molar-refractivity contribution in [3.63, 3.8) is 0 Å². The summed E-state index contributed by atoms with van der Waals surface area (Å²) in [7, 11) is 0. The molecule has 0 saturated heterocycles. The number of rotatable bonds is 7. The number of aryl methyl sites for hydroxylation is 1. The highest BCUT2D eigenvalue weighted by atomic mass is 15.2. The quantitative estimate of drug-likeness (QED) is 0.811. The van der Waals surface area contributed by atoms with Gasteiger partial charge in [0.2, 0.25) is 0 Å². The lowest BCUT2D eigenvalue weighted by atomic mass is 10.0. The van der Waals surface area contributed by atoms with E-state index in [0.29, 0.717) is 0 Å². The Balaban J connectivity index is 2.12. The number of nitrogens with two attached hydrogens (primary N) is 1. The molecule has 2 nitrogen and oxygen atoms in total. The molecule has 1 aliphatic rings. The van der Waals surface area contributed by atoms with Crippen LogP contribution in [0.25, 0.3) is 0 Å². The van der Waals surface area contributed by atoms with Gasteiger partial charge in [0.15, 0.2) is 0 Å². The maximum atomic E-state index is 5.90. The molecule has 1 aromatic rings. The van der Waals surface area contributed by atoms with Crippen molar-refractivity contribution in [2.45, 2.75) is 65.0 Å². The summed E-state index contributed by atoms with van der Waals surface area (Å²) in [5.74, 6) is 0. The molecule has 0 spiro atoms. The second-order valence-electron chi connectivity index (χ2n) is 6.07. The van der Waals surface area contributed by atoms with Gasteiger partial charge in [0.25, 0.3) is 0 Å². The SMILES string of the molecule is CCCCN(c1ccc(CC(C)N)c(C)c1)C1CC1. The second kappa shape index (κ2) is 6.42. The van der Waals surface area contributed by atoms with Crippen molar-refractivity contribution in [1.29, 1.82) is 0 Å². The van der Waals surface area contributed by atoms with Gasteiger partial charge in [-0.15, -0.1) is 0 Å². The van der Waals surface area contributed by atoms with E-state index >= 15 is 0 Å². The third-order valence-electron chi connectivity index (χ3n) is 3.94. The third kappa shape index (κ3) is 3.97. The maximum absolute atomic E-state index is 5.90. The first-order valence-corrected chi connectivity index (χ1v) is 7.73. The fourth-order valence-corrected chi connectivity index (χ4v) is 2.67. The first-order chi connectivity index (χ1) is 9.11. The summed E-state index contributed by atoms with van der Waals surface area (Å²) >= 11 is 0. The molecule has 1 fully saturated rings. The first-order valence-electron chi connectivity index (χ1n) is 7.73. The monoisotopic (exact) mass is 260 g/mol. The van der Waals surface area contributed by atoms with Gasteiger partial charge in [0.05, 0.1) is 0 Å². The van der Waals surface area contributed by atoms with E-state index in [4.69, 9.17) is 5.73 Å². The Morgan fingerprint density at radius 1 is 1.37 bits per heavy atom. The van der Waals surface area contributed by atoms with Crippen molar-refractivity contribution >= 4 is 5.69 Å². The lowest BCUT2D eigenvalue weighted by Gasteiger charge is -2.25. The van der Waals surface area contributed by atoms with E-state index in [1.165, 1.54) is 49.0 Å². The molecule has 2 N–H and O–H groups in total. The van der Waals surface area contributed by atoms with E-state index in [2.05, 4.69) is 43.9 Å². The van der Waals surface area contributed by atoms with Crippen LogP contribution in [0.1, 0.15) is 50.7 Å². The summed E-state index contributed by atoms with van der Waals surface area (Å²) in [6.07, 6.45) is 6.27. The predicted octanol–water partition coefficient (Wildman–Crippen LogP) is 3.65. The van der Waals surface area contributed by atoms with Gasteiger partial charge in [-0.2, -0.15) is 0 Å². The highest BCUT2D eigenvalue weighted by Crippen LogP contribution is 2.33. The van der Waals surface area contributed by atoms with E-state index in [0.717, 1.165) is 12.5 Å². The van der Waals surface area contributed by atoms with Crippen molar-refractivity contribution in [2.24, 2.45) is 5.73 Å². The first kappa shape index (κ1) is 14.4. The molecule has 0 amide bonds. The van der Waals surface area contributed by atoms with Gasteiger partial charge < -0.3 is 10.6 Å². The molecule has 0 bridgehead atoms. The molecule has 19 heavy (non-hydrogen) atoms. The molecule has 2 rings (SSSR count). The molecule has 0 aromatic heterocycles. The molecule has 106 valence electrons. The largest absolute Gasteiger partial charge is 0.369 e. The molecule has 2 heteroatoms. The highest BCUT2D eigenvalue weighted by Gasteiger charge is 2.28. The summed E-state index contributed by atoms with van der Waals surface area (Å²) in [5, 5.41) is 0. The van der Waals surface area contributed by atoms with Gasteiger partial charge in [0.1, 0.15) is 0 Å². The zero-order chi connectivity index (χ0) is 13.8. The smallest absolute Gasteiger partial charge is 0.0371 e. The van der Waals surface area contributed by atoms with Crippen LogP contribution in [-0.4, -0.2) is 18.6 Å². The predicted molar refractivity (Wildman–Crippen MR) is 83.8 cm³/mol. The van der Waals surface area contributed by atoms with Crippen LogP contribution < -0.4 is 10.6 Å². The Morgan fingerprint density at radius 2 is 2.11 bits per heavy atom. The van der Waals surface area contributed by atoms with Gasteiger partial charge in [-0.05, 0) is 62.8 Å². The van der Waals surface area contributed by atoms with E-state index in [1.807, 2.05) is 0 Å². The van der Waals surface area contributed by atoms with Crippen LogP contribution in [0.15, 0.2) is 18.2 Å². The fraction of sp³-hybridized carbons (Fsp3) is 0.647. The molecule has 0 radical (unpaired) electrons. The van der Waals surface area contributed by atoms with Crippen molar-refractivity contribution in [3.8, 4) is 0 Å². The summed E-state index contributed by atoms with van der Waals surface area (Å²) in [6, 6.07) is 7.95. The Hall–Kier alpha value is -1.02. The number of anilines is 1. The number of nitrogens with zero attached hydrogens (tertiary/aromatic N) is 1. The van der Waals surface area contributed by atoms with Crippen LogP contribution >= 0.6 is 0 Å². The van der Waals surface area contributed by atoms with E-state index in [9.17, 15) is 0 Å². The van der Waals surface area contributed by atoms with E-state index in [1.54, 1.807) is 0 Å². The molecule has 1 aromatic carbocycles. The summed E-state index contributed by atoms with van der Waals surface area (Å²) in [5.41, 5.74) is 10.1. The van der Waals surface area contributed by atoms with Crippen LogP contribution in [0.4, 0.5) is 5.69 Å². The zero-order valence-corrected chi connectivity index (χ0v) is 12.7. The molecular formula is C17H28N2. The van der Waals surface area contributed by atoms with Crippen LogP contribution in [-0.2, 0) is 6.42 Å². The summed E-state index contributed by atoms with van der Waals surface area (Å²) < 4.78 is 0. The van der Waals surface area contributed by atoms with Gasteiger partial charge >= 0.3 is 0 Å². The second-order valence-corrected chi connectivity index (χ2v) is 6.07. The van der Waals surface area contributed by atoms with Crippen molar-refractivity contribution in [2.75, 3.05) is 11.4 Å². The number of unbranched alkanes of at least 4 members (excludes halogenated alkanes) is 1. The Labute approximate surface area is 118 Å². The third-order valence-corrected chi connectivity index (χ3v) is 3.94. The minimum atomic E-state index is 0.240. The molecule has 1 unspecified atom stereocenters. The van der Waals surface area contributed by atoms with Crippen LogP contribution in [0.5, 0.6) is 0 Å². The van der Waals surface area contributed by atoms with E-state index in [-0.39, 0.29) is 6.04 Å². The van der Waals surface area contributed by atoms with Gasteiger partial charge in [-0.1, -0.05) is 19.4 Å². The molecule has 0 aliphatic heterocycles. The van der Waals surface area contributed by atoms with Gasteiger partial charge in [-0.25, -0.2) is 0 Å². The average Bonchev–Trinajstić information content (AvgIpc) is 3.17. The highest BCUT2D eigenvalue weighted by molar-refractivity contribution is 5.52.